The van der Waals surface area contributed by atoms with Gasteiger partial charge in [0.05, 0.1) is 37.8 Å². The van der Waals surface area contributed by atoms with Gasteiger partial charge in [0.1, 0.15) is 11.8 Å². The normalized spacial score (nSPS) is 12.3. The van der Waals surface area contributed by atoms with Gasteiger partial charge in [0.15, 0.2) is 0 Å². The Morgan fingerprint density at radius 1 is 0.909 bits per heavy atom. The molecule has 11 heteroatoms. The van der Waals surface area contributed by atoms with Crippen LogP contribution in [0.3, 0.4) is 0 Å². The Balaban J connectivity index is 1.91. The molecule has 33 heavy (non-hydrogen) atoms. The summed E-state index contributed by atoms with van der Waals surface area (Å²) in [6.07, 6.45) is 0.0781. The summed E-state index contributed by atoms with van der Waals surface area (Å²) < 4.78 is 33.6. The van der Waals surface area contributed by atoms with E-state index in [0.717, 1.165) is 5.56 Å². The van der Waals surface area contributed by atoms with E-state index in [9.17, 15) is 13.2 Å². The van der Waals surface area contributed by atoms with Gasteiger partial charge in [0, 0.05) is 0 Å². The first-order chi connectivity index (χ1) is 15.6. The van der Waals surface area contributed by atoms with Crippen LogP contribution in [0.5, 0.6) is 5.75 Å². The number of sulfonamides is 1. The predicted molar refractivity (Wildman–Crippen MR) is 132 cm³/mol. The van der Waals surface area contributed by atoms with Gasteiger partial charge in [0.2, 0.25) is 15.9 Å². The fourth-order valence-corrected chi connectivity index (χ4v) is 5.08. The molecule has 0 heterocycles. The minimum Gasteiger partial charge on any atom is -0.495 e. The topological polar surface area (TPSA) is 84.5 Å². The average molecular weight is 548 g/mol. The fourth-order valence-electron chi connectivity index (χ4n) is 2.95. The molecular weight excluding hydrogens is 530 g/mol. The number of carbonyl (C=O) groups excluding carboxylic acids is 1. The van der Waals surface area contributed by atoms with Crippen molar-refractivity contribution in [3.8, 4) is 5.75 Å². The van der Waals surface area contributed by atoms with E-state index in [1.165, 1.54) is 37.4 Å². The number of amides is 1. The van der Waals surface area contributed by atoms with E-state index in [1.54, 1.807) is 24.3 Å². The number of carbonyl (C=O) groups is 1. The van der Waals surface area contributed by atoms with Crippen molar-refractivity contribution in [2.45, 2.75) is 17.4 Å². The molecule has 2 N–H and O–H groups in total. The van der Waals surface area contributed by atoms with Crippen LogP contribution < -0.4 is 14.8 Å². The Bertz CT molecular complexity index is 1270. The van der Waals surface area contributed by atoms with Gasteiger partial charge in [-0.2, -0.15) is 4.72 Å². The zero-order valence-corrected chi connectivity index (χ0v) is 21.0. The minimum atomic E-state index is -4.12. The first-order valence-corrected chi connectivity index (χ1v) is 12.5. The molecule has 3 aromatic rings. The number of benzene rings is 3. The summed E-state index contributed by atoms with van der Waals surface area (Å²) in [5.74, 6) is -0.314. The second-order valence-corrected chi connectivity index (χ2v) is 10.2. The van der Waals surface area contributed by atoms with Crippen molar-refractivity contribution < 1.29 is 17.9 Å². The molecule has 0 aliphatic carbocycles. The maximum Gasteiger partial charge on any atom is 0.242 e. The molecule has 3 aromatic carbocycles. The first-order valence-electron chi connectivity index (χ1n) is 9.46. The second kappa shape index (κ2) is 11.0. The minimum absolute atomic E-state index is 0.0781. The Morgan fingerprint density at radius 2 is 1.58 bits per heavy atom. The van der Waals surface area contributed by atoms with Crippen molar-refractivity contribution in [1.29, 1.82) is 0 Å². The molecule has 0 fully saturated rings. The quantitative estimate of drug-likeness (QED) is 0.347. The molecule has 0 spiro atoms. The highest BCUT2D eigenvalue weighted by Crippen LogP contribution is 2.32. The SMILES string of the molecule is COc1ccc(S(=O)(=O)NC(Cc2ccccc2)C(=O)Nc2cc(Cl)c(Cl)cc2Cl)cc1Cl. The van der Waals surface area contributed by atoms with E-state index >= 15 is 0 Å². The van der Waals surface area contributed by atoms with Crippen molar-refractivity contribution in [2.24, 2.45) is 0 Å². The summed E-state index contributed by atoms with van der Waals surface area (Å²) in [5.41, 5.74) is 0.939. The molecule has 1 amide bonds. The van der Waals surface area contributed by atoms with Crippen molar-refractivity contribution in [2.75, 3.05) is 12.4 Å². The van der Waals surface area contributed by atoms with Crippen molar-refractivity contribution in [1.82, 2.24) is 4.72 Å². The molecule has 0 radical (unpaired) electrons. The van der Waals surface area contributed by atoms with E-state index in [2.05, 4.69) is 10.0 Å². The van der Waals surface area contributed by atoms with Crippen LogP contribution in [-0.4, -0.2) is 27.5 Å². The van der Waals surface area contributed by atoms with Crippen LogP contribution in [0.25, 0.3) is 0 Å². The molecule has 0 bridgehead atoms. The Morgan fingerprint density at radius 3 is 2.21 bits per heavy atom. The summed E-state index contributed by atoms with van der Waals surface area (Å²) in [6.45, 7) is 0. The smallest absolute Gasteiger partial charge is 0.242 e. The van der Waals surface area contributed by atoms with E-state index in [4.69, 9.17) is 51.1 Å². The lowest BCUT2D eigenvalue weighted by molar-refractivity contribution is -0.117. The lowest BCUT2D eigenvalue weighted by atomic mass is 10.1. The molecule has 0 saturated carbocycles. The number of nitrogens with one attached hydrogen (secondary N) is 2. The van der Waals surface area contributed by atoms with E-state index in [0.29, 0.717) is 5.75 Å². The van der Waals surface area contributed by atoms with Crippen molar-refractivity contribution in [3.05, 3.63) is 86.3 Å². The Kier molecular flexibility index (Phi) is 8.50. The molecule has 0 saturated heterocycles. The number of ether oxygens (including phenoxy) is 1. The third kappa shape index (κ3) is 6.53. The average Bonchev–Trinajstić information content (AvgIpc) is 2.77. The first kappa shape index (κ1) is 25.6. The van der Waals surface area contributed by atoms with Crippen LogP contribution in [-0.2, 0) is 21.2 Å². The number of methoxy groups -OCH3 is 1. The highest BCUT2D eigenvalue weighted by molar-refractivity contribution is 7.89. The van der Waals surface area contributed by atoms with Gasteiger partial charge in [0.25, 0.3) is 0 Å². The summed E-state index contributed by atoms with van der Waals surface area (Å²) in [6, 6.07) is 14.6. The van der Waals surface area contributed by atoms with E-state index in [-0.39, 0.29) is 37.1 Å². The molecule has 174 valence electrons. The molecule has 3 rings (SSSR count). The molecule has 0 aliphatic heterocycles. The summed E-state index contributed by atoms with van der Waals surface area (Å²) in [4.78, 5) is 13.0. The zero-order valence-electron chi connectivity index (χ0n) is 17.1. The second-order valence-electron chi connectivity index (χ2n) is 6.90. The number of hydrogen-bond acceptors (Lipinski definition) is 4. The lowest BCUT2D eigenvalue weighted by Crippen LogP contribution is -2.45. The summed E-state index contributed by atoms with van der Waals surface area (Å²) in [7, 11) is -2.70. The maximum atomic E-state index is 13.1. The van der Waals surface area contributed by atoms with Gasteiger partial charge in [-0.05, 0) is 42.3 Å². The van der Waals surface area contributed by atoms with Gasteiger partial charge in [-0.25, -0.2) is 8.42 Å². The predicted octanol–water partition coefficient (Wildman–Crippen LogP) is 5.84. The van der Waals surface area contributed by atoms with E-state index in [1.807, 2.05) is 6.07 Å². The highest BCUT2D eigenvalue weighted by Gasteiger charge is 2.27. The largest absolute Gasteiger partial charge is 0.495 e. The van der Waals surface area contributed by atoms with Gasteiger partial charge in [-0.15, -0.1) is 0 Å². The lowest BCUT2D eigenvalue weighted by Gasteiger charge is -2.20. The van der Waals surface area contributed by atoms with Crippen LogP contribution in [0.1, 0.15) is 5.56 Å². The highest BCUT2D eigenvalue weighted by atomic mass is 35.5. The van der Waals surface area contributed by atoms with Crippen LogP contribution in [0.4, 0.5) is 5.69 Å². The number of hydrogen-bond donors (Lipinski definition) is 2. The van der Waals surface area contributed by atoms with Crippen LogP contribution in [0, 0.1) is 0 Å². The van der Waals surface area contributed by atoms with Crippen molar-refractivity contribution in [3.63, 3.8) is 0 Å². The van der Waals surface area contributed by atoms with Crippen LogP contribution in [0.15, 0.2) is 65.6 Å². The van der Waals surface area contributed by atoms with Crippen molar-refractivity contribution >= 4 is 68.0 Å². The number of anilines is 1. The van der Waals surface area contributed by atoms with Crippen LogP contribution in [0.2, 0.25) is 20.1 Å². The molecule has 1 atom stereocenters. The van der Waals surface area contributed by atoms with Gasteiger partial charge in [-0.3, -0.25) is 4.79 Å². The third-order valence-corrected chi connectivity index (χ3v) is 7.40. The Hall–Kier alpha value is -2.00. The molecule has 1 unspecified atom stereocenters. The van der Waals surface area contributed by atoms with E-state index < -0.39 is 22.0 Å². The molecular formula is C22H18Cl4N2O4S. The van der Waals surface area contributed by atoms with Gasteiger partial charge >= 0.3 is 0 Å². The van der Waals surface area contributed by atoms with Crippen LogP contribution >= 0.6 is 46.4 Å². The fraction of sp³-hybridized carbons (Fsp3) is 0.136. The number of halogens is 4. The summed E-state index contributed by atoms with van der Waals surface area (Å²) >= 11 is 24.2. The maximum absolute atomic E-state index is 13.1. The molecule has 0 aromatic heterocycles. The zero-order chi connectivity index (χ0) is 24.2. The molecule has 6 nitrogen and oxygen atoms in total. The molecule has 0 aliphatic rings. The number of rotatable bonds is 8. The third-order valence-electron chi connectivity index (χ3n) is 4.60. The summed E-state index contributed by atoms with van der Waals surface area (Å²) in [5, 5.41) is 3.29. The Labute approximate surface area is 211 Å². The standard InChI is InChI=1S/C22H18Cl4N2O4S/c1-32-21-8-7-14(10-18(21)26)33(30,31)28-20(9-13-5-3-2-4-6-13)22(29)27-19-12-16(24)15(23)11-17(19)25/h2-8,10-12,20,28H,9H2,1H3,(H,27,29). The monoisotopic (exact) mass is 546 g/mol. The van der Waals surface area contributed by atoms with Gasteiger partial charge in [-0.1, -0.05) is 76.7 Å². The van der Waals surface area contributed by atoms with Gasteiger partial charge < -0.3 is 10.1 Å².